The zero-order valence-electron chi connectivity index (χ0n) is 13.8. The fourth-order valence-electron chi connectivity index (χ4n) is 2.90. The van der Waals surface area contributed by atoms with Gasteiger partial charge in [0.25, 0.3) is 0 Å². The second-order valence-corrected chi connectivity index (χ2v) is 5.98. The molecule has 0 bridgehead atoms. The van der Waals surface area contributed by atoms with Gasteiger partial charge in [-0.25, -0.2) is 0 Å². The molecule has 1 N–H and O–H groups in total. The number of hydrogen-bond acceptors (Lipinski definition) is 2. The molecule has 0 saturated heterocycles. The maximum Gasteiger partial charge on any atom is 0.303 e. The maximum absolute atomic E-state index is 12.4. The van der Waals surface area contributed by atoms with Crippen molar-refractivity contribution in [1.29, 1.82) is 0 Å². The molecule has 4 heteroatoms. The Kier molecular flexibility index (Phi) is 6.39. The van der Waals surface area contributed by atoms with Gasteiger partial charge in [0.15, 0.2) is 5.78 Å². The lowest BCUT2D eigenvalue weighted by atomic mass is 10.0. The Balaban J connectivity index is 2.13. The number of carboxylic acids is 1. The predicted octanol–water partition coefficient (Wildman–Crippen LogP) is 4.66. The highest BCUT2D eigenvalue weighted by Gasteiger charge is 2.14. The number of nitrogens with zero attached hydrogens (tertiary/aromatic N) is 1. The third-order valence-corrected chi connectivity index (χ3v) is 4.14. The fourth-order valence-corrected chi connectivity index (χ4v) is 2.90. The first-order valence-electron chi connectivity index (χ1n) is 8.46. The van der Waals surface area contributed by atoms with Crippen LogP contribution in [-0.4, -0.2) is 21.4 Å². The number of rotatable bonds is 10. The van der Waals surface area contributed by atoms with E-state index in [2.05, 4.69) is 11.5 Å². The van der Waals surface area contributed by atoms with Gasteiger partial charge in [-0.1, -0.05) is 44.4 Å². The minimum Gasteiger partial charge on any atom is -0.481 e. The van der Waals surface area contributed by atoms with Gasteiger partial charge in [-0.3, -0.25) is 9.59 Å². The van der Waals surface area contributed by atoms with Crippen LogP contribution in [-0.2, 0) is 11.3 Å². The minimum atomic E-state index is -0.851. The van der Waals surface area contributed by atoms with Gasteiger partial charge in [-0.05, 0) is 18.9 Å². The minimum absolute atomic E-state index is 0.0368. The second-order valence-electron chi connectivity index (χ2n) is 5.98. The third kappa shape index (κ3) is 4.68. The average Bonchev–Trinajstić information content (AvgIpc) is 2.90. The summed E-state index contributed by atoms with van der Waals surface area (Å²) in [5, 5.41) is 9.67. The molecular formula is C19H25NO3. The van der Waals surface area contributed by atoms with E-state index in [1.165, 1.54) is 19.3 Å². The number of carbonyl (C=O) groups is 2. The van der Waals surface area contributed by atoms with Crippen LogP contribution >= 0.6 is 0 Å². The second kappa shape index (κ2) is 8.51. The average molecular weight is 315 g/mol. The molecule has 1 aromatic heterocycles. The van der Waals surface area contributed by atoms with E-state index in [0.29, 0.717) is 6.42 Å². The number of unbranched alkanes of at least 4 members (excludes halogenated alkanes) is 3. The van der Waals surface area contributed by atoms with Gasteiger partial charge in [-0.2, -0.15) is 0 Å². The van der Waals surface area contributed by atoms with Crippen LogP contribution < -0.4 is 0 Å². The third-order valence-electron chi connectivity index (χ3n) is 4.14. The normalized spacial score (nSPS) is 11.0. The maximum atomic E-state index is 12.4. The molecule has 0 fully saturated rings. The van der Waals surface area contributed by atoms with Crippen LogP contribution in [0.2, 0.25) is 0 Å². The molecule has 0 atom stereocenters. The molecule has 1 aromatic carbocycles. The number of benzene rings is 1. The van der Waals surface area contributed by atoms with Crippen molar-refractivity contribution in [1.82, 2.24) is 4.57 Å². The number of hydrogen-bond donors (Lipinski definition) is 1. The van der Waals surface area contributed by atoms with Crippen LogP contribution in [0.1, 0.15) is 62.2 Å². The first-order valence-corrected chi connectivity index (χ1v) is 8.46. The molecule has 0 spiro atoms. The van der Waals surface area contributed by atoms with Gasteiger partial charge in [0, 0.05) is 42.0 Å². The highest BCUT2D eigenvalue weighted by molar-refractivity contribution is 6.08. The van der Waals surface area contributed by atoms with Crippen molar-refractivity contribution in [3.8, 4) is 0 Å². The Hall–Kier alpha value is -2.10. The number of fused-ring (bicyclic) bond motifs is 1. The molecule has 0 saturated carbocycles. The van der Waals surface area contributed by atoms with Crippen LogP contribution in [0.15, 0.2) is 30.5 Å². The quantitative estimate of drug-likeness (QED) is 0.512. The lowest BCUT2D eigenvalue weighted by Crippen LogP contribution is -2.01. The molecule has 0 aliphatic heterocycles. The SMILES string of the molecule is CCCCCCn1cc(C(=O)CCCC(=O)O)c2ccccc21. The standard InChI is InChI=1S/C19H25NO3/c1-2-3-4-7-13-20-14-16(15-9-5-6-10-17(15)20)18(21)11-8-12-19(22)23/h5-6,9-10,14H,2-4,7-8,11-13H2,1H3,(H,22,23). The summed E-state index contributed by atoms with van der Waals surface area (Å²) in [6.45, 7) is 3.11. The largest absolute Gasteiger partial charge is 0.481 e. The van der Waals surface area contributed by atoms with Crippen molar-refractivity contribution in [3.63, 3.8) is 0 Å². The molecule has 124 valence electrons. The van der Waals surface area contributed by atoms with Crippen molar-refractivity contribution in [2.24, 2.45) is 0 Å². The number of carboxylic acid groups (broad SMARTS) is 1. The summed E-state index contributed by atoms with van der Waals surface area (Å²) in [6, 6.07) is 7.95. The van der Waals surface area contributed by atoms with E-state index >= 15 is 0 Å². The van der Waals surface area contributed by atoms with E-state index in [1.54, 1.807) is 0 Å². The monoisotopic (exact) mass is 315 g/mol. The first kappa shape index (κ1) is 17.3. The van der Waals surface area contributed by atoms with Gasteiger partial charge >= 0.3 is 5.97 Å². The van der Waals surface area contributed by atoms with Crippen molar-refractivity contribution in [3.05, 3.63) is 36.0 Å². The summed E-state index contributed by atoms with van der Waals surface area (Å²) >= 11 is 0. The number of para-hydroxylation sites is 1. The summed E-state index contributed by atoms with van der Waals surface area (Å²) in [5.41, 5.74) is 1.81. The van der Waals surface area contributed by atoms with Crippen LogP contribution in [0.4, 0.5) is 0 Å². The van der Waals surface area contributed by atoms with Crippen molar-refractivity contribution >= 4 is 22.7 Å². The Morgan fingerprint density at radius 3 is 2.57 bits per heavy atom. The number of Topliss-reactive ketones (excluding diaryl/α,β-unsaturated/α-hetero) is 1. The molecule has 0 aliphatic rings. The summed E-state index contributed by atoms with van der Waals surface area (Å²) in [7, 11) is 0. The van der Waals surface area contributed by atoms with Gasteiger partial charge in [-0.15, -0.1) is 0 Å². The van der Waals surface area contributed by atoms with E-state index in [4.69, 9.17) is 5.11 Å². The zero-order chi connectivity index (χ0) is 16.7. The van der Waals surface area contributed by atoms with Crippen LogP contribution in [0, 0.1) is 0 Å². The molecule has 0 aliphatic carbocycles. The fraction of sp³-hybridized carbons (Fsp3) is 0.474. The van der Waals surface area contributed by atoms with Crippen molar-refractivity contribution < 1.29 is 14.7 Å². The predicted molar refractivity (Wildman–Crippen MR) is 91.9 cm³/mol. The molecule has 0 amide bonds. The van der Waals surface area contributed by atoms with E-state index in [-0.39, 0.29) is 18.6 Å². The molecule has 2 rings (SSSR count). The topological polar surface area (TPSA) is 59.3 Å². The smallest absolute Gasteiger partial charge is 0.303 e. The Morgan fingerprint density at radius 2 is 1.83 bits per heavy atom. The van der Waals surface area contributed by atoms with Gasteiger partial charge in [0.1, 0.15) is 0 Å². The number of aryl methyl sites for hydroxylation is 1. The van der Waals surface area contributed by atoms with Crippen molar-refractivity contribution in [2.45, 2.75) is 58.4 Å². The number of aliphatic carboxylic acids is 1. The lowest BCUT2D eigenvalue weighted by Gasteiger charge is -2.04. The van der Waals surface area contributed by atoms with E-state index in [9.17, 15) is 9.59 Å². The molecule has 23 heavy (non-hydrogen) atoms. The van der Waals surface area contributed by atoms with Crippen LogP contribution in [0.5, 0.6) is 0 Å². The Morgan fingerprint density at radius 1 is 1.04 bits per heavy atom. The number of ketones is 1. The van der Waals surface area contributed by atoms with E-state index < -0.39 is 5.97 Å². The molecule has 1 heterocycles. The molecular weight excluding hydrogens is 290 g/mol. The van der Waals surface area contributed by atoms with Gasteiger partial charge < -0.3 is 9.67 Å². The summed E-state index contributed by atoms with van der Waals surface area (Å²) in [5.74, 6) is -0.814. The lowest BCUT2D eigenvalue weighted by molar-refractivity contribution is -0.137. The van der Waals surface area contributed by atoms with Crippen LogP contribution in [0.3, 0.4) is 0 Å². The highest BCUT2D eigenvalue weighted by Crippen LogP contribution is 2.24. The summed E-state index contributed by atoms with van der Waals surface area (Å²) < 4.78 is 2.16. The van der Waals surface area contributed by atoms with Gasteiger partial charge in [0.2, 0.25) is 0 Å². The van der Waals surface area contributed by atoms with Gasteiger partial charge in [0.05, 0.1) is 0 Å². The molecule has 0 unspecified atom stereocenters. The molecule has 0 radical (unpaired) electrons. The van der Waals surface area contributed by atoms with Crippen LogP contribution in [0.25, 0.3) is 10.9 Å². The zero-order valence-corrected chi connectivity index (χ0v) is 13.8. The highest BCUT2D eigenvalue weighted by atomic mass is 16.4. The summed E-state index contributed by atoms with van der Waals surface area (Å²) in [4.78, 5) is 23.0. The Bertz CT molecular complexity index is 672. The van der Waals surface area contributed by atoms with E-state index in [1.807, 2.05) is 30.5 Å². The Labute approximate surface area is 137 Å². The number of aromatic nitrogens is 1. The summed E-state index contributed by atoms with van der Waals surface area (Å²) in [6.07, 6.45) is 7.42. The molecule has 2 aromatic rings. The van der Waals surface area contributed by atoms with Crippen molar-refractivity contribution in [2.75, 3.05) is 0 Å². The van der Waals surface area contributed by atoms with E-state index in [0.717, 1.165) is 29.4 Å². The number of carbonyl (C=O) groups excluding carboxylic acids is 1. The first-order chi connectivity index (χ1) is 11.1. The molecule has 4 nitrogen and oxygen atoms in total.